The number of fused-ring (bicyclic) bond motifs is 1. The Hall–Kier alpha value is -3.19. The van der Waals surface area contributed by atoms with E-state index >= 15 is 0 Å². The lowest BCUT2D eigenvalue weighted by Crippen LogP contribution is -2.01. The first-order valence-corrected chi connectivity index (χ1v) is 9.30. The molecule has 0 aliphatic heterocycles. The molecule has 0 amide bonds. The van der Waals surface area contributed by atoms with Gasteiger partial charge >= 0.3 is 5.97 Å². The number of rotatable bonds is 4. The van der Waals surface area contributed by atoms with Crippen LogP contribution >= 0.6 is 11.8 Å². The Labute approximate surface area is 158 Å². The monoisotopic (exact) mass is 379 g/mol. The standard InChI is InChI=1S/C20H14FN3O2S/c1-27-18-11-24(17-8-12(19(25)26)6-7-15(17)18)20-22-9-13(10-23-20)14-4-2-3-5-16(14)21/h2-11H,1H3,(H,25,26). The van der Waals surface area contributed by atoms with Gasteiger partial charge in [0, 0.05) is 40.0 Å². The summed E-state index contributed by atoms with van der Waals surface area (Å²) in [6, 6.07) is 11.4. The molecular weight excluding hydrogens is 365 g/mol. The fraction of sp³-hybridized carbons (Fsp3) is 0.0500. The highest BCUT2D eigenvalue weighted by atomic mass is 32.2. The third kappa shape index (κ3) is 3.06. The second-order valence-electron chi connectivity index (χ2n) is 5.86. The second kappa shape index (κ2) is 6.85. The van der Waals surface area contributed by atoms with Crippen LogP contribution in [0.1, 0.15) is 10.4 Å². The molecule has 0 saturated carbocycles. The van der Waals surface area contributed by atoms with Crippen LogP contribution < -0.4 is 0 Å². The minimum atomic E-state index is -0.994. The summed E-state index contributed by atoms with van der Waals surface area (Å²) in [6.07, 6.45) is 6.95. The number of hydrogen-bond acceptors (Lipinski definition) is 4. The quantitative estimate of drug-likeness (QED) is 0.523. The zero-order valence-electron chi connectivity index (χ0n) is 14.3. The van der Waals surface area contributed by atoms with Crippen LogP contribution in [0.3, 0.4) is 0 Å². The molecule has 0 bridgehead atoms. The van der Waals surface area contributed by atoms with E-state index in [1.54, 1.807) is 65.1 Å². The van der Waals surface area contributed by atoms with Gasteiger partial charge in [0.2, 0.25) is 5.95 Å². The first-order chi connectivity index (χ1) is 13.1. The summed E-state index contributed by atoms with van der Waals surface area (Å²) in [4.78, 5) is 21.0. The predicted octanol–water partition coefficient (Wildman–Crippen LogP) is 4.65. The molecule has 0 fully saturated rings. The van der Waals surface area contributed by atoms with Gasteiger partial charge < -0.3 is 5.11 Å². The Morgan fingerprint density at radius 1 is 1.15 bits per heavy atom. The molecule has 0 atom stereocenters. The predicted molar refractivity (Wildman–Crippen MR) is 103 cm³/mol. The fourth-order valence-electron chi connectivity index (χ4n) is 2.94. The van der Waals surface area contributed by atoms with Crippen LogP contribution in [0, 0.1) is 5.82 Å². The van der Waals surface area contributed by atoms with Crippen molar-refractivity contribution in [2.45, 2.75) is 4.90 Å². The molecule has 2 aromatic carbocycles. The smallest absolute Gasteiger partial charge is 0.335 e. The van der Waals surface area contributed by atoms with E-state index in [0.29, 0.717) is 22.6 Å². The molecule has 4 rings (SSSR count). The Morgan fingerprint density at radius 2 is 1.89 bits per heavy atom. The van der Waals surface area contributed by atoms with Crippen LogP contribution in [-0.2, 0) is 0 Å². The molecule has 2 aromatic heterocycles. The molecule has 4 aromatic rings. The molecule has 27 heavy (non-hydrogen) atoms. The number of halogens is 1. The van der Waals surface area contributed by atoms with E-state index in [0.717, 1.165) is 10.3 Å². The summed E-state index contributed by atoms with van der Waals surface area (Å²) in [5, 5.41) is 10.2. The Kier molecular flexibility index (Phi) is 4.37. The number of aromatic nitrogens is 3. The summed E-state index contributed by atoms with van der Waals surface area (Å²) in [7, 11) is 0. The van der Waals surface area contributed by atoms with Gasteiger partial charge in [-0.05, 0) is 24.5 Å². The molecule has 5 nitrogen and oxygen atoms in total. The first kappa shape index (κ1) is 17.2. The van der Waals surface area contributed by atoms with Crippen molar-refractivity contribution in [1.29, 1.82) is 0 Å². The van der Waals surface area contributed by atoms with E-state index in [9.17, 15) is 14.3 Å². The van der Waals surface area contributed by atoms with E-state index < -0.39 is 5.97 Å². The average molecular weight is 379 g/mol. The third-order valence-corrected chi connectivity index (χ3v) is 5.04. The number of hydrogen-bond donors (Lipinski definition) is 1. The lowest BCUT2D eigenvalue weighted by molar-refractivity contribution is 0.0697. The highest BCUT2D eigenvalue weighted by Gasteiger charge is 2.14. The van der Waals surface area contributed by atoms with Crippen LogP contribution in [0.5, 0.6) is 0 Å². The molecule has 134 valence electrons. The SMILES string of the molecule is CSc1cn(-c2ncc(-c3ccccc3F)cn2)c2cc(C(=O)O)ccc12. The van der Waals surface area contributed by atoms with Crippen molar-refractivity contribution in [3.8, 4) is 17.1 Å². The van der Waals surface area contributed by atoms with Crippen LogP contribution in [0.2, 0.25) is 0 Å². The van der Waals surface area contributed by atoms with Crippen LogP contribution in [-0.4, -0.2) is 31.9 Å². The zero-order valence-corrected chi connectivity index (χ0v) is 15.1. The minimum absolute atomic E-state index is 0.192. The molecule has 0 saturated heterocycles. The summed E-state index contributed by atoms with van der Waals surface area (Å²) < 4.78 is 15.7. The summed E-state index contributed by atoms with van der Waals surface area (Å²) in [5.41, 5.74) is 1.90. The lowest BCUT2D eigenvalue weighted by atomic mass is 10.1. The van der Waals surface area contributed by atoms with Crippen molar-refractivity contribution < 1.29 is 14.3 Å². The molecule has 0 aliphatic carbocycles. The van der Waals surface area contributed by atoms with Gasteiger partial charge in [-0.25, -0.2) is 19.2 Å². The number of carboxylic acids is 1. The molecule has 2 heterocycles. The van der Waals surface area contributed by atoms with Crippen molar-refractivity contribution in [2.75, 3.05) is 6.26 Å². The number of carboxylic acid groups (broad SMARTS) is 1. The van der Waals surface area contributed by atoms with Crippen molar-refractivity contribution >= 4 is 28.6 Å². The fourth-order valence-corrected chi connectivity index (χ4v) is 3.54. The number of carbonyl (C=O) groups is 1. The molecule has 0 spiro atoms. The summed E-state index contributed by atoms with van der Waals surface area (Å²) in [5.74, 6) is -0.940. The van der Waals surface area contributed by atoms with E-state index in [4.69, 9.17) is 0 Å². The second-order valence-corrected chi connectivity index (χ2v) is 6.70. The maximum absolute atomic E-state index is 14.0. The minimum Gasteiger partial charge on any atom is -0.478 e. The normalized spacial score (nSPS) is 11.0. The van der Waals surface area contributed by atoms with Gasteiger partial charge in [0.05, 0.1) is 11.1 Å². The van der Waals surface area contributed by atoms with E-state index in [-0.39, 0.29) is 11.4 Å². The van der Waals surface area contributed by atoms with Gasteiger partial charge in [0.25, 0.3) is 0 Å². The first-order valence-electron chi connectivity index (χ1n) is 8.08. The highest BCUT2D eigenvalue weighted by molar-refractivity contribution is 7.98. The molecule has 0 aliphatic rings. The van der Waals surface area contributed by atoms with Crippen molar-refractivity contribution in [3.63, 3.8) is 0 Å². The number of nitrogens with zero attached hydrogens (tertiary/aromatic N) is 3. The zero-order chi connectivity index (χ0) is 19.0. The number of benzene rings is 2. The Balaban J connectivity index is 1.83. The summed E-state index contributed by atoms with van der Waals surface area (Å²) >= 11 is 1.56. The average Bonchev–Trinajstić information content (AvgIpc) is 3.06. The van der Waals surface area contributed by atoms with Gasteiger partial charge in [-0.15, -0.1) is 11.8 Å². The van der Waals surface area contributed by atoms with Crippen LogP contribution in [0.25, 0.3) is 28.0 Å². The Morgan fingerprint density at radius 3 is 2.56 bits per heavy atom. The van der Waals surface area contributed by atoms with Crippen LogP contribution in [0.15, 0.2) is 66.0 Å². The van der Waals surface area contributed by atoms with E-state index in [2.05, 4.69) is 9.97 Å². The number of thioether (sulfide) groups is 1. The van der Waals surface area contributed by atoms with Gasteiger partial charge in [0.1, 0.15) is 5.82 Å². The largest absolute Gasteiger partial charge is 0.478 e. The van der Waals surface area contributed by atoms with Crippen molar-refractivity contribution in [2.24, 2.45) is 0 Å². The molecular formula is C20H14FN3O2S. The van der Waals surface area contributed by atoms with Crippen molar-refractivity contribution in [1.82, 2.24) is 14.5 Å². The van der Waals surface area contributed by atoms with Crippen molar-refractivity contribution in [3.05, 3.63) is 72.4 Å². The maximum atomic E-state index is 14.0. The molecule has 7 heteroatoms. The Bertz CT molecular complexity index is 1160. The topological polar surface area (TPSA) is 68.0 Å². The lowest BCUT2D eigenvalue weighted by Gasteiger charge is -2.06. The summed E-state index contributed by atoms with van der Waals surface area (Å²) in [6.45, 7) is 0. The third-order valence-electron chi connectivity index (χ3n) is 4.27. The van der Waals surface area contributed by atoms with E-state index in [1.165, 1.54) is 6.07 Å². The maximum Gasteiger partial charge on any atom is 0.335 e. The molecule has 0 unspecified atom stereocenters. The van der Waals surface area contributed by atoms with Gasteiger partial charge in [-0.2, -0.15) is 0 Å². The van der Waals surface area contributed by atoms with Gasteiger partial charge in [-0.1, -0.05) is 24.3 Å². The highest BCUT2D eigenvalue weighted by Crippen LogP contribution is 2.31. The molecule has 0 radical (unpaired) electrons. The van der Waals surface area contributed by atoms with Crippen LogP contribution in [0.4, 0.5) is 4.39 Å². The van der Waals surface area contributed by atoms with Gasteiger partial charge in [-0.3, -0.25) is 4.57 Å². The number of aromatic carboxylic acids is 1. The molecule has 1 N–H and O–H groups in total. The van der Waals surface area contributed by atoms with E-state index in [1.807, 2.05) is 12.5 Å². The van der Waals surface area contributed by atoms with Gasteiger partial charge in [0.15, 0.2) is 0 Å².